The Kier molecular flexibility index (Phi) is 9.49. The highest BCUT2D eigenvalue weighted by atomic mass is 19.4. The highest BCUT2D eigenvalue weighted by Crippen LogP contribution is 2.45. The Balaban J connectivity index is 1.34. The summed E-state index contributed by atoms with van der Waals surface area (Å²) in [6, 6.07) is 41.0. The molecule has 0 aliphatic carbocycles. The largest absolute Gasteiger partial charge is 0.417 e. The lowest BCUT2D eigenvalue weighted by molar-refractivity contribution is -0.143. The number of aromatic nitrogens is 4. The van der Waals surface area contributed by atoms with E-state index in [4.69, 9.17) is 15.0 Å². The van der Waals surface area contributed by atoms with Crippen molar-refractivity contribution in [3.05, 3.63) is 180 Å². The minimum absolute atomic E-state index is 0.00831. The Morgan fingerprint density at radius 1 is 0.344 bits per heavy atom. The second-order valence-electron chi connectivity index (χ2n) is 14.2. The van der Waals surface area contributed by atoms with Crippen molar-refractivity contribution >= 4 is 21.8 Å². The summed E-state index contributed by atoms with van der Waals surface area (Å²) in [5.41, 5.74) is -1.49. The van der Waals surface area contributed by atoms with Crippen LogP contribution in [0.15, 0.2) is 164 Å². The van der Waals surface area contributed by atoms with Crippen LogP contribution < -0.4 is 0 Å². The standard InChI is InChI=1S/C48H27F9N4/c49-46(50,51)31-20-23-33(40(26-31)48(55,56)57)30-19-22-37-36-16-8-10-18-41(36)61(42(37)25-30)32-21-24-34(35-15-7-9-17-39(35)47(52,53)54)38(27-32)45-59-43(28-11-3-1-4-12-28)58-44(60-45)29-13-5-2-6-14-29/h1-27H. The van der Waals surface area contributed by atoms with Gasteiger partial charge in [0.15, 0.2) is 17.5 Å². The van der Waals surface area contributed by atoms with E-state index in [1.165, 1.54) is 36.4 Å². The van der Waals surface area contributed by atoms with Crippen LogP contribution in [-0.2, 0) is 18.5 Å². The van der Waals surface area contributed by atoms with Gasteiger partial charge in [0.2, 0.25) is 0 Å². The summed E-state index contributed by atoms with van der Waals surface area (Å²) in [4.78, 5) is 14.4. The van der Waals surface area contributed by atoms with Gasteiger partial charge in [-0.1, -0.05) is 121 Å². The summed E-state index contributed by atoms with van der Waals surface area (Å²) in [6.07, 6.45) is -14.9. The molecule has 61 heavy (non-hydrogen) atoms. The Morgan fingerprint density at radius 3 is 1.54 bits per heavy atom. The van der Waals surface area contributed by atoms with E-state index in [0.717, 1.165) is 12.1 Å². The molecule has 0 saturated heterocycles. The van der Waals surface area contributed by atoms with E-state index >= 15 is 0 Å². The molecule has 0 bridgehead atoms. The quantitative estimate of drug-likeness (QED) is 0.157. The predicted molar refractivity (Wildman–Crippen MR) is 216 cm³/mol. The van der Waals surface area contributed by atoms with E-state index < -0.39 is 40.8 Å². The maximum atomic E-state index is 14.7. The highest BCUT2D eigenvalue weighted by Gasteiger charge is 2.39. The molecular formula is C48H27F9N4. The molecule has 0 fully saturated rings. The first-order valence-electron chi connectivity index (χ1n) is 18.7. The normalized spacial score (nSPS) is 12.3. The maximum Gasteiger partial charge on any atom is 0.417 e. The lowest BCUT2D eigenvalue weighted by Crippen LogP contribution is -2.12. The van der Waals surface area contributed by atoms with Gasteiger partial charge in [0, 0.05) is 33.2 Å². The zero-order valence-corrected chi connectivity index (χ0v) is 31.3. The van der Waals surface area contributed by atoms with E-state index in [0.29, 0.717) is 44.7 Å². The fourth-order valence-electron chi connectivity index (χ4n) is 7.61. The molecule has 0 atom stereocenters. The molecule has 0 unspecified atom stereocenters. The van der Waals surface area contributed by atoms with Crippen molar-refractivity contribution in [2.24, 2.45) is 0 Å². The van der Waals surface area contributed by atoms with E-state index in [2.05, 4.69) is 0 Å². The van der Waals surface area contributed by atoms with E-state index in [-0.39, 0.29) is 45.8 Å². The van der Waals surface area contributed by atoms with Gasteiger partial charge >= 0.3 is 18.5 Å². The first-order valence-corrected chi connectivity index (χ1v) is 18.7. The van der Waals surface area contributed by atoms with Crippen LogP contribution in [0.2, 0.25) is 0 Å². The third-order valence-corrected chi connectivity index (χ3v) is 10.4. The molecule has 0 amide bonds. The summed E-state index contributed by atoms with van der Waals surface area (Å²) in [5, 5.41) is 1.30. The highest BCUT2D eigenvalue weighted by molar-refractivity contribution is 6.10. The molecule has 0 spiro atoms. The number of rotatable bonds is 6. The number of hydrogen-bond donors (Lipinski definition) is 0. The fraction of sp³-hybridized carbons (Fsp3) is 0.0625. The molecule has 0 saturated carbocycles. The van der Waals surface area contributed by atoms with Crippen LogP contribution in [0.4, 0.5) is 39.5 Å². The number of para-hydroxylation sites is 1. The maximum absolute atomic E-state index is 14.7. The molecular weight excluding hydrogens is 804 g/mol. The van der Waals surface area contributed by atoms with Gasteiger partial charge in [-0.15, -0.1) is 0 Å². The van der Waals surface area contributed by atoms with Gasteiger partial charge in [-0.05, 0) is 64.7 Å². The molecule has 9 aromatic rings. The molecule has 7 aromatic carbocycles. The monoisotopic (exact) mass is 830 g/mol. The van der Waals surface area contributed by atoms with E-state index in [9.17, 15) is 39.5 Å². The van der Waals surface area contributed by atoms with Gasteiger partial charge in [0.1, 0.15) is 0 Å². The summed E-state index contributed by atoms with van der Waals surface area (Å²) < 4.78 is 130. The van der Waals surface area contributed by atoms with Gasteiger partial charge in [-0.25, -0.2) is 15.0 Å². The van der Waals surface area contributed by atoms with E-state index in [1.54, 1.807) is 89.5 Å². The number of nitrogens with zero attached hydrogens (tertiary/aromatic N) is 4. The molecule has 0 radical (unpaired) electrons. The van der Waals surface area contributed by atoms with Gasteiger partial charge < -0.3 is 4.57 Å². The average Bonchev–Trinajstić information content (AvgIpc) is 3.59. The van der Waals surface area contributed by atoms with Crippen molar-refractivity contribution in [2.75, 3.05) is 0 Å². The number of benzene rings is 7. The van der Waals surface area contributed by atoms with Gasteiger partial charge in [0.25, 0.3) is 0 Å². The van der Waals surface area contributed by atoms with Crippen LogP contribution in [-0.4, -0.2) is 19.5 Å². The smallest absolute Gasteiger partial charge is 0.309 e. The summed E-state index contributed by atoms with van der Waals surface area (Å²) in [7, 11) is 0. The average molecular weight is 831 g/mol. The number of halogens is 9. The van der Waals surface area contributed by atoms with Crippen molar-refractivity contribution in [2.45, 2.75) is 18.5 Å². The Bertz CT molecular complexity index is 3040. The first-order chi connectivity index (χ1) is 29.1. The number of alkyl halides is 9. The molecule has 9 rings (SSSR count). The predicted octanol–water partition coefficient (Wildman–Crippen LogP) is 14.4. The minimum Gasteiger partial charge on any atom is -0.309 e. The first kappa shape index (κ1) is 39.2. The lowest BCUT2D eigenvalue weighted by Gasteiger charge is -2.18. The molecule has 0 aliphatic heterocycles. The van der Waals surface area contributed by atoms with Gasteiger partial charge in [-0.2, -0.15) is 39.5 Å². The third kappa shape index (κ3) is 7.36. The van der Waals surface area contributed by atoms with Crippen molar-refractivity contribution in [1.82, 2.24) is 19.5 Å². The van der Waals surface area contributed by atoms with Crippen LogP contribution in [0.5, 0.6) is 0 Å². The van der Waals surface area contributed by atoms with Crippen molar-refractivity contribution in [3.8, 4) is 62.1 Å². The van der Waals surface area contributed by atoms with Crippen LogP contribution in [0.25, 0.3) is 83.9 Å². The lowest BCUT2D eigenvalue weighted by atomic mass is 9.94. The molecule has 0 aliphatic rings. The summed E-state index contributed by atoms with van der Waals surface area (Å²) >= 11 is 0. The van der Waals surface area contributed by atoms with Gasteiger partial charge in [-0.3, -0.25) is 0 Å². The molecule has 2 aromatic heterocycles. The van der Waals surface area contributed by atoms with E-state index in [1.807, 2.05) is 18.2 Å². The Morgan fingerprint density at radius 2 is 0.902 bits per heavy atom. The van der Waals surface area contributed by atoms with Crippen molar-refractivity contribution in [3.63, 3.8) is 0 Å². The third-order valence-electron chi connectivity index (χ3n) is 10.4. The molecule has 2 heterocycles. The van der Waals surface area contributed by atoms with Crippen molar-refractivity contribution in [1.29, 1.82) is 0 Å². The van der Waals surface area contributed by atoms with Crippen LogP contribution in [0, 0.1) is 0 Å². The SMILES string of the molecule is FC(F)(F)c1ccc(-c2ccc3c4ccccc4n(-c4ccc(-c5ccccc5C(F)(F)F)c(-c5nc(-c6ccccc6)nc(-c6ccccc6)n5)c4)c3c2)c(C(F)(F)F)c1. The molecule has 13 heteroatoms. The number of hydrogen-bond acceptors (Lipinski definition) is 3. The van der Waals surface area contributed by atoms with Crippen LogP contribution in [0.3, 0.4) is 0 Å². The zero-order valence-electron chi connectivity index (χ0n) is 31.3. The van der Waals surface area contributed by atoms with Crippen LogP contribution in [0.1, 0.15) is 16.7 Å². The van der Waals surface area contributed by atoms with Crippen molar-refractivity contribution < 1.29 is 39.5 Å². The second kappa shape index (κ2) is 14.8. The van der Waals surface area contributed by atoms with Crippen LogP contribution >= 0.6 is 0 Å². The number of fused-ring (bicyclic) bond motifs is 3. The minimum atomic E-state index is -5.13. The summed E-state index contributed by atoms with van der Waals surface area (Å²) in [6.45, 7) is 0. The molecule has 0 N–H and O–H groups in total. The Hall–Kier alpha value is -7.28. The Labute approximate surface area is 341 Å². The fourth-order valence-corrected chi connectivity index (χ4v) is 7.61. The second-order valence-corrected chi connectivity index (χ2v) is 14.2. The zero-order chi connectivity index (χ0) is 42.7. The molecule has 4 nitrogen and oxygen atoms in total. The topological polar surface area (TPSA) is 43.6 Å². The molecule has 302 valence electrons. The summed E-state index contributed by atoms with van der Waals surface area (Å²) in [5.74, 6) is 0.550. The van der Waals surface area contributed by atoms with Gasteiger partial charge in [0.05, 0.1) is 27.7 Å².